The fourth-order valence-electron chi connectivity index (χ4n) is 1.93. The largest absolute Gasteiger partial charge is 0.370 e. The van der Waals surface area contributed by atoms with E-state index in [0.29, 0.717) is 12.6 Å². The molecule has 0 spiro atoms. The van der Waals surface area contributed by atoms with Gasteiger partial charge in [0.25, 0.3) is 0 Å². The van der Waals surface area contributed by atoms with Gasteiger partial charge >= 0.3 is 0 Å². The zero-order valence-electron chi connectivity index (χ0n) is 10.7. The minimum absolute atomic E-state index is 0.560. The molecule has 1 rings (SSSR count). The van der Waals surface area contributed by atoms with Gasteiger partial charge in [0.2, 0.25) is 0 Å². The first-order valence-electron chi connectivity index (χ1n) is 5.84. The van der Waals surface area contributed by atoms with Crippen molar-refractivity contribution < 1.29 is 0 Å². The van der Waals surface area contributed by atoms with E-state index in [1.54, 1.807) is 0 Å². The number of thioether (sulfide) groups is 1. The SMILES string of the molecule is CCC(CSC)N(C)c1cc(Br)ccc1CN. The lowest BCUT2D eigenvalue weighted by atomic mass is 10.1. The average molecular weight is 317 g/mol. The number of halogens is 1. The van der Waals surface area contributed by atoms with Gasteiger partial charge in [-0.15, -0.1) is 0 Å². The van der Waals surface area contributed by atoms with Gasteiger partial charge in [-0.2, -0.15) is 11.8 Å². The maximum Gasteiger partial charge on any atom is 0.0423 e. The van der Waals surface area contributed by atoms with E-state index in [0.717, 1.165) is 16.6 Å². The molecule has 0 radical (unpaired) electrons. The van der Waals surface area contributed by atoms with Gasteiger partial charge < -0.3 is 10.6 Å². The standard InChI is InChI=1S/C13H21BrN2S/c1-4-12(9-17-3)16(2)13-7-11(14)6-5-10(13)8-15/h5-7,12H,4,8-9,15H2,1-3H3. The Labute approximate surface area is 117 Å². The van der Waals surface area contributed by atoms with Crippen LogP contribution in [0.5, 0.6) is 0 Å². The Kier molecular flexibility index (Phi) is 6.38. The van der Waals surface area contributed by atoms with E-state index in [-0.39, 0.29) is 0 Å². The Morgan fingerprint density at radius 1 is 1.47 bits per heavy atom. The molecular weight excluding hydrogens is 296 g/mol. The molecule has 17 heavy (non-hydrogen) atoms. The zero-order chi connectivity index (χ0) is 12.8. The first-order valence-corrected chi connectivity index (χ1v) is 8.03. The molecule has 96 valence electrons. The van der Waals surface area contributed by atoms with Crippen LogP contribution in [0, 0.1) is 0 Å². The van der Waals surface area contributed by atoms with Crippen LogP contribution in [-0.2, 0) is 6.54 Å². The molecule has 2 N–H and O–H groups in total. The Morgan fingerprint density at radius 2 is 2.18 bits per heavy atom. The normalized spacial score (nSPS) is 12.5. The maximum atomic E-state index is 5.81. The number of rotatable bonds is 6. The van der Waals surface area contributed by atoms with Crippen molar-refractivity contribution >= 4 is 33.4 Å². The van der Waals surface area contributed by atoms with E-state index < -0.39 is 0 Å². The van der Waals surface area contributed by atoms with Crippen LogP contribution >= 0.6 is 27.7 Å². The van der Waals surface area contributed by atoms with Crippen molar-refractivity contribution in [2.24, 2.45) is 5.73 Å². The summed E-state index contributed by atoms with van der Waals surface area (Å²) in [5.74, 6) is 1.14. The molecule has 0 aliphatic rings. The third-order valence-electron chi connectivity index (χ3n) is 3.03. The van der Waals surface area contributed by atoms with Gasteiger partial charge in [0.15, 0.2) is 0 Å². The quantitative estimate of drug-likeness (QED) is 0.871. The van der Waals surface area contributed by atoms with Gasteiger partial charge in [-0.25, -0.2) is 0 Å². The van der Waals surface area contributed by atoms with Crippen LogP contribution < -0.4 is 10.6 Å². The molecule has 0 bridgehead atoms. The summed E-state index contributed by atoms with van der Waals surface area (Å²) in [5, 5.41) is 0. The highest BCUT2D eigenvalue weighted by Crippen LogP contribution is 2.27. The van der Waals surface area contributed by atoms with Crippen molar-refractivity contribution in [3.63, 3.8) is 0 Å². The Bertz CT molecular complexity index is 357. The molecule has 0 aliphatic heterocycles. The van der Waals surface area contributed by atoms with Gasteiger partial charge in [-0.3, -0.25) is 0 Å². The highest BCUT2D eigenvalue weighted by Gasteiger charge is 2.15. The summed E-state index contributed by atoms with van der Waals surface area (Å²) in [7, 11) is 2.16. The van der Waals surface area contributed by atoms with Gasteiger partial charge in [0.05, 0.1) is 0 Å². The Hall–Kier alpha value is -0.190. The van der Waals surface area contributed by atoms with E-state index in [9.17, 15) is 0 Å². The molecule has 1 aromatic rings. The lowest BCUT2D eigenvalue weighted by Crippen LogP contribution is -2.34. The highest BCUT2D eigenvalue weighted by molar-refractivity contribution is 9.10. The minimum Gasteiger partial charge on any atom is -0.370 e. The van der Waals surface area contributed by atoms with Gasteiger partial charge in [-0.05, 0) is 30.4 Å². The summed E-state index contributed by atoms with van der Waals surface area (Å²) in [6, 6.07) is 6.87. The Morgan fingerprint density at radius 3 is 2.71 bits per heavy atom. The first-order chi connectivity index (χ1) is 8.13. The molecule has 0 saturated carbocycles. The first kappa shape index (κ1) is 14.9. The van der Waals surface area contributed by atoms with Gasteiger partial charge in [-0.1, -0.05) is 28.9 Å². The molecule has 2 nitrogen and oxygen atoms in total. The number of hydrogen-bond donors (Lipinski definition) is 1. The van der Waals surface area contributed by atoms with Crippen molar-refractivity contribution in [1.82, 2.24) is 0 Å². The van der Waals surface area contributed by atoms with E-state index in [1.165, 1.54) is 11.3 Å². The number of benzene rings is 1. The monoisotopic (exact) mass is 316 g/mol. The number of nitrogens with two attached hydrogens (primary N) is 1. The van der Waals surface area contributed by atoms with E-state index in [4.69, 9.17) is 5.73 Å². The lowest BCUT2D eigenvalue weighted by Gasteiger charge is -2.30. The highest BCUT2D eigenvalue weighted by atomic mass is 79.9. The number of anilines is 1. The summed E-state index contributed by atoms with van der Waals surface area (Å²) < 4.78 is 1.11. The maximum absolute atomic E-state index is 5.81. The van der Waals surface area contributed by atoms with E-state index >= 15 is 0 Å². The molecule has 0 amide bonds. The van der Waals surface area contributed by atoms with Crippen LogP contribution in [0.15, 0.2) is 22.7 Å². The topological polar surface area (TPSA) is 29.3 Å². The van der Waals surface area contributed by atoms with E-state index in [1.807, 2.05) is 11.8 Å². The van der Waals surface area contributed by atoms with Crippen LogP contribution in [0.3, 0.4) is 0 Å². The van der Waals surface area contributed by atoms with Crippen molar-refractivity contribution in [1.29, 1.82) is 0 Å². The molecule has 0 fully saturated rings. The van der Waals surface area contributed by atoms with Gasteiger partial charge in [0.1, 0.15) is 0 Å². The summed E-state index contributed by atoms with van der Waals surface area (Å²) in [6.45, 7) is 2.82. The van der Waals surface area contributed by atoms with E-state index in [2.05, 4.69) is 59.3 Å². The van der Waals surface area contributed by atoms with Crippen LogP contribution in [0.25, 0.3) is 0 Å². The summed E-state index contributed by atoms with van der Waals surface area (Å²) in [5.41, 5.74) is 8.25. The molecule has 0 saturated heterocycles. The summed E-state index contributed by atoms with van der Waals surface area (Å²) in [6.07, 6.45) is 3.30. The van der Waals surface area contributed by atoms with Crippen LogP contribution in [0.2, 0.25) is 0 Å². The predicted octanol–water partition coefficient (Wildman–Crippen LogP) is 3.49. The third kappa shape index (κ3) is 3.90. The molecule has 0 heterocycles. The lowest BCUT2D eigenvalue weighted by molar-refractivity contribution is 0.670. The molecule has 0 aliphatic carbocycles. The molecule has 1 unspecified atom stereocenters. The fourth-order valence-corrected chi connectivity index (χ4v) is 3.12. The zero-order valence-corrected chi connectivity index (χ0v) is 13.1. The smallest absolute Gasteiger partial charge is 0.0423 e. The third-order valence-corrected chi connectivity index (χ3v) is 4.24. The van der Waals surface area contributed by atoms with Crippen LogP contribution in [0.1, 0.15) is 18.9 Å². The molecule has 4 heteroatoms. The van der Waals surface area contributed by atoms with Gasteiger partial charge in [0, 0.05) is 35.5 Å². The summed E-state index contributed by atoms with van der Waals surface area (Å²) in [4.78, 5) is 2.35. The molecule has 1 aromatic carbocycles. The fraction of sp³-hybridized carbons (Fsp3) is 0.538. The van der Waals surface area contributed by atoms with Crippen molar-refractivity contribution in [2.45, 2.75) is 25.9 Å². The average Bonchev–Trinajstić information content (AvgIpc) is 2.35. The minimum atomic E-state index is 0.560. The van der Waals surface area contributed by atoms with Crippen LogP contribution in [0.4, 0.5) is 5.69 Å². The number of nitrogens with zero attached hydrogens (tertiary/aromatic N) is 1. The Balaban J connectivity index is 2.99. The summed E-state index contributed by atoms with van der Waals surface area (Å²) >= 11 is 5.42. The molecule has 0 aromatic heterocycles. The second kappa shape index (κ2) is 7.29. The predicted molar refractivity (Wildman–Crippen MR) is 82.9 cm³/mol. The second-order valence-corrected chi connectivity index (χ2v) is 5.93. The number of hydrogen-bond acceptors (Lipinski definition) is 3. The molecular formula is C13H21BrN2S. The molecule has 1 atom stereocenters. The van der Waals surface area contributed by atoms with Crippen molar-refractivity contribution in [3.05, 3.63) is 28.2 Å². The van der Waals surface area contributed by atoms with Crippen LogP contribution in [-0.4, -0.2) is 25.1 Å². The van der Waals surface area contributed by atoms with Crippen molar-refractivity contribution in [2.75, 3.05) is 24.0 Å². The second-order valence-electron chi connectivity index (χ2n) is 4.11. The van der Waals surface area contributed by atoms with Crippen molar-refractivity contribution in [3.8, 4) is 0 Å².